The van der Waals surface area contributed by atoms with E-state index in [-0.39, 0.29) is 6.42 Å². The molecule has 0 fully saturated rings. The molecule has 0 saturated heterocycles. The van der Waals surface area contributed by atoms with Crippen molar-refractivity contribution in [2.75, 3.05) is 6.54 Å². The lowest BCUT2D eigenvalue weighted by Gasteiger charge is -2.23. The number of nitrogens with one attached hydrogen (secondary N) is 3. The summed E-state index contributed by atoms with van der Waals surface area (Å²) < 4.78 is 0. The van der Waals surface area contributed by atoms with E-state index in [1.54, 1.807) is 0 Å². The Balaban J connectivity index is 5.40. The zero-order valence-corrected chi connectivity index (χ0v) is 17.1. The molecule has 0 aliphatic rings. The van der Waals surface area contributed by atoms with Gasteiger partial charge in [0.15, 0.2) is 0 Å². The van der Waals surface area contributed by atoms with Crippen LogP contribution in [0.5, 0.6) is 0 Å². The average Bonchev–Trinajstić information content (AvgIpc) is 2.64. The molecule has 0 aliphatic heterocycles. The van der Waals surface area contributed by atoms with Gasteiger partial charge >= 0.3 is 11.9 Å². The van der Waals surface area contributed by atoms with Crippen LogP contribution < -0.4 is 33.2 Å². The Bertz CT molecular complexity index is 684. The van der Waals surface area contributed by atoms with E-state index in [2.05, 4.69) is 16.0 Å². The molecule has 4 atom stereocenters. The maximum absolute atomic E-state index is 12.5. The number of rotatable bonds is 15. The van der Waals surface area contributed by atoms with Gasteiger partial charge in [-0.3, -0.25) is 24.0 Å². The molecule has 14 heteroatoms. The van der Waals surface area contributed by atoms with E-state index < -0.39 is 72.6 Å². The van der Waals surface area contributed by atoms with Gasteiger partial charge in [-0.15, -0.1) is 0 Å². The number of nitrogens with two attached hydrogens (primary N) is 3. The van der Waals surface area contributed by atoms with Crippen molar-refractivity contribution in [3.05, 3.63) is 0 Å². The fourth-order valence-electron chi connectivity index (χ4n) is 2.39. The van der Waals surface area contributed by atoms with Crippen LogP contribution >= 0.6 is 0 Å². The fraction of sp³-hybridized carbons (Fsp3) is 0.647. The Kier molecular flexibility index (Phi) is 12.4. The molecule has 14 nitrogen and oxygen atoms in total. The summed E-state index contributed by atoms with van der Waals surface area (Å²) in [6, 6.07) is -5.54. The minimum atomic E-state index is -1.68. The molecule has 0 aromatic carbocycles. The molecule has 0 aromatic rings. The van der Waals surface area contributed by atoms with Crippen molar-refractivity contribution in [1.29, 1.82) is 0 Å². The van der Waals surface area contributed by atoms with Crippen molar-refractivity contribution in [2.24, 2.45) is 17.2 Å². The van der Waals surface area contributed by atoms with Crippen molar-refractivity contribution in [3.63, 3.8) is 0 Å². The quantitative estimate of drug-likeness (QED) is 0.114. The molecular weight excluding hydrogens is 416 g/mol. The highest BCUT2D eigenvalue weighted by Crippen LogP contribution is 2.04. The van der Waals surface area contributed by atoms with E-state index in [0.717, 1.165) is 0 Å². The van der Waals surface area contributed by atoms with Gasteiger partial charge in [0.2, 0.25) is 23.6 Å². The monoisotopic (exact) mass is 446 g/mol. The fourth-order valence-corrected chi connectivity index (χ4v) is 2.39. The summed E-state index contributed by atoms with van der Waals surface area (Å²) in [7, 11) is 0. The van der Waals surface area contributed by atoms with E-state index in [9.17, 15) is 33.9 Å². The molecular formula is C17H30N6O8. The Labute approximate surface area is 178 Å². The van der Waals surface area contributed by atoms with E-state index in [1.807, 2.05) is 0 Å². The molecule has 0 radical (unpaired) electrons. The van der Waals surface area contributed by atoms with Crippen LogP contribution in [0.1, 0.15) is 39.0 Å². The zero-order valence-electron chi connectivity index (χ0n) is 17.1. The Morgan fingerprint density at radius 1 is 0.806 bits per heavy atom. The van der Waals surface area contributed by atoms with E-state index in [0.29, 0.717) is 19.4 Å². The van der Waals surface area contributed by atoms with Crippen molar-refractivity contribution >= 4 is 35.6 Å². The SMILES string of the molecule is CC(N)C(=O)NC(CC(N)=O)C(=O)NC(CC(=O)O)C(=O)NC(CCCCN)C(=O)O. The second-order valence-corrected chi connectivity index (χ2v) is 6.86. The van der Waals surface area contributed by atoms with Gasteiger partial charge in [0, 0.05) is 0 Å². The number of carboxylic acids is 2. The number of carbonyl (C=O) groups is 6. The first-order valence-electron chi connectivity index (χ1n) is 9.48. The molecule has 31 heavy (non-hydrogen) atoms. The summed E-state index contributed by atoms with van der Waals surface area (Å²) in [5.41, 5.74) is 15.8. The number of primary amides is 1. The summed E-state index contributed by atoms with van der Waals surface area (Å²) in [6.07, 6.45) is -0.558. The highest BCUT2D eigenvalue weighted by Gasteiger charge is 2.31. The topological polar surface area (TPSA) is 257 Å². The van der Waals surface area contributed by atoms with Crippen molar-refractivity contribution < 1.29 is 39.0 Å². The highest BCUT2D eigenvalue weighted by atomic mass is 16.4. The third-order valence-electron chi connectivity index (χ3n) is 4.03. The molecule has 176 valence electrons. The van der Waals surface area contributed by atoms with Gasteiger partial charge < -0.3 is 43.4 Å². The molecule has 0 saturated carbocycles. The third-order valence-corrected chi connectivity index (χ3v) is 4.03. The first-order valence-corrected chi connectivity index (χ1v) is 9.48. The molecule has 0 aromatic heterocycles. The van der Waals surface area contributed by atoms with Crippen molar-refractivity contribution in [1.82, 2.24) is 16.0 Å². The predicted octanol–water partition coefficient (Wildman–Crippen LogP) is -3.65. The summed E-state index contributed by atoms with van der Waals surface area (Å²) in [5, 5.41) is 24.7. The molecule has 0 rings (SSSR count). The number of hydrogen-bond acceptors (Lipinski definition) is 8. The molecule has 0 heterocycles. The summed E-state index contributed by atoms with van der Waals surface area (Å²) in [5.74, 6) is -6.67. The highest BCUT2D eigenvalue weighted by molar-refractivity contribution is 5.97. The third kappa shape index (κ3) is 11.5. The number of carbonyl (C=O) groups excluding carboxylic acids is 4. The molecule has 0 aliphatic carbocycles. The van der Waals surface area contributed by atoms with Crippen LogP contribution in [-0.2, 0) is 28.8 Å². The second kappa shape index (κ2) is 13.9. The van der Waals surface area contributed by atoms with E-state index in [4.69, 9.17) is 22.3 Å². The number of unbranched alkanes of at least 4 members (excludes halogenated alkanes) is 1. The number of amides is 4. The van der Waals surface area contributed by atoms with E-state index >= 15 is 0 Å². The van der Waals surface area contributed by atoms with Gasteiger partial charge in [-0.1, -0.05) is 0 Å². The first-order chi connectivity index (χ1) is 14.4. The van der Waals surface area contributed by atoms with Gasteiger partial charge in [-0.2, -0.15) is 0 Å². The van der Waals surface area contributed by atoms with Gasteiger partial charge in [0.1, 0.15) is 18.1 Å². The maximum atomic E-state index is 12.5. The van der Waals surface area contributed by atoms with Crippen LogP contribution in [0, 0.1) is 0 Å². The van der Waals surface area contributed by atoms with Crippen molar-refractivity contribution in [3.8, 4) is 0 Å². The lowest BCUT2D eigenvalue weighted by molar-refractivity contribution is -0.144. The Morgan fingerprint density at radius 3 is 1.71 bits per heavy atom. The minimum Gasteiger partial charge on any atom is -0.481 e. The largest absolute Gasteiger partial charge is 0.481 e. The van der Waals surface area contributed by atoms with Crippen LogP contribution in [-0.4, -0.2) is 76.5 Å². The van der Waals surface area contributed by atoms with Crippen molar-refractivity contribution in [2.45, 2.75) is 63.2 Å². The van der Waals surface area contributed by atoms with Crippen LogP contribution in [0.2, 0.25) is 0 Å². The average molecular weight is 446 g/mol. The zero-order chi connectivity index (χ0) is 24.1. The molecule has 4 unspecified atom stereocenters. The van der Waals surface area contributed by atoms with Crippen LogP contribution in [0.15, 0.2) is 0 Å². The molecule has 0 spiro atoms. The van der Waals surface area contributed by atoms with E-state index in [1.165, 1.54) is 6.92 Å². The van der Waals surface area contributed by atoms with Crippen LogP contribution in [0.25, 0.3) is 0 Å². The molecule has 4 amide bonds. The summed E-state index contributed by atoms with van der Waals surface area (Å²) >= 11 is 0. The minimum absolute atomic E-state index is 0.0424. The first kappa shape index (κ1) is 27.7. The van der Waals surface area contributed by atoms with Gasteiger partial charge in [0.05, 0.1) is 18.9 Å². The van der Waals surface area contributed by atoms with Crippen LogP contribution in [0.4, 0.5) is 0 Å². The summed E-state index contributed by atoms with van der Waals surface area (Å²) in [6.45, 7) is 1.65. The van der Waals surface area contributed by atoms with Gasteiger partial charge in [-0.05, 0) is 32.7 Å². The molecule has 0 bridgehead atoms. The lowest BCUT2D eigenvalue weighted by Crippen LogP contribution is -2.57. The lowest BCUT2D eigenvalue weighted by atomic mass is 10.1. The molecule has 11 N–H and O–H groups in total. The normalized spacial score (nSPS) is 14.4. The smallest absolute Gasteiger partial charge is 0.326 e. The van der Waals surface area contributed by atoms with Crippen LogP contribution in [0.3, 0.4) is 0 Å². The Hall–Kier alpha value is -3.26. The van der Waals surface area contributed by atoms with Gasteiger partial charge in [0.25, 0.3) is 0 Å². The number of carboxylic acid groups (broad SMARTS) is 2. The standard InChI is InChI=1S/C17H30N6O8/c1-8(19)14(27)22-10(6-12(20)24)15(28)23-11(7-13(25)26)16(29)21-9(17(30)31)4-2-3-5-18/h8-11H,2-7,18-19H2,1H3,(H2,20,24)(H,21,29)(H,22,27)(H,23,28)(H,25,26)(H,30,31). The number of aliphatic carboxylic acids is 2. The Morgan fingerprint density at radius 2 is 1.29 bits per heavy atom. The summed E-state index contributed by atoms with van der Waals surface area (Å²) in [4.78, 5) is 70.4. The maximum Gasteiger partial charge on any atom is 0.326 e. The van der Waals surface area contributed by atoms with Gasteiger partial charge in [-0.25, -0.2) is 4.79 Å². The second-order valence-electron chi connectivity index (χ2n) is 6.86. The predicted molar refractivity (Wildman–Crippen MR) is 106 cm³/mol. The number of hydrogen-bond donors (Lipinski definition) is 8.